The molecule has 0 bridgehead atoms. The predicted octanol–water partition coefficient (Wildman–Crippen LogP) is 3.11. The van der Waals surface area contributed by atoms with E-state index >= 15 is 0 Å². The molecule has 2 heterocycles. The Morgan fingerprint density at radius 1 is 1.13 bits per heavy atom. The van der Waals surface area contributed by atoms with Gasteiger partial charge in [0.1, 0.15) is 18.1 Å². The van der Waals surface area contributed by atoms with Gasteiger partial charge >= 0.3 is 0 Å². The maximum Gasteiger partial charge on any atom is 0.191 e. The number of piperidine rings is 1. The second-order valence-corrected chi connectivity index (χ2v) is 8.19. The average molecular weight is 428 g/mol. The Hall–Kier alpha value is -2.51. The van der Waals surface area contributed by atoms with Crippen LogP contribution in [0.25, 0.3) is 0 Å². The molecule has 0 radical (unpaired) electrons. The molecule has 31 heavy (non-hydrogen) atoms. The van der Waals surface area contributed by atoms with Gasteiger partial charge in [0, 0.05) is 32.2 Å². The second-order valence-electron chi connectivity index (χ2n) is 8.19. The van der Waals surface area contributed by atoms with Crippen molar-refractivity contribution < 1.29 is 9.15 Å². The fourth-order valence-corrected chi connectivity index (χ4v) is 3.84. The number of furan rings is 1. The van der Waals surface area contributed by atoms with Crippen molar-refractivity contribution in [1.29, 1.82) is 0 Å². The van der Waals surface area contributed by atoms with E-state index in [1.807, 2.05) is 38.4 Å². The lowest BCUT2D eigenvalue weighted by Gasteiger charge is -2.33. The molecular formula is C24H37N5O2. The molecule has 2 N–H and O–H groups in total. The minimum atomic E-state index is 0.204. The highest BCUT2D eigenvalue weighted by molar-refractivity contribution is 5.79. The van der Waals surface area contributed by atoms with E-state index in [2.05, 4.69) is 37.6 Å². The topological polar surface area (TPSA) is 65.3 Å². The predicted molar refractivity (Wildman–Crippen MR) is 126 cm³/mol. The number of aliphatic imine (C=N–C) groups is 1. The normalized spacial score (nSPS) is 16.3. The standard InChI is InChI=1S/C24H37N5O2/c1-25-24(26-18-20-10-5-6-11-22(20)31-17-15-28(2)3)27-19-21(23-12-9-16-30-23)29-13-7-4-8-14-29/h5-6,9-12,16,21H,4,7-8,13-15,17-19H2,1-3H3,(H2,25,26,27). The number of hydrogen-bond donors (Lipinski definition) is 2. The summed E-state index contributed by atoms with van der Waals surface area (Å²) >= 11 is 0. The van der Waals surface area contributed by atoms with E-state index in [9.17, 15) is 0 Å². The Bertz CT molecular complexity index is 785. The van der Waals surface area contributed by atoms with Crippen molar-refractivity contribution in [3.63, 3.8) is 0 Å². The van der Waals surface area contributed by atoms with E-state index in [0.29, 0.717) is 13.2 Å². The molecule has 1 aromatic carbocycles. The molecule has 0 aliphatic carbocycles. The number of likely N-dealkylation sites (N-methyl/N-ethyl adjacent to an activating group) is 1. The summed E-state index contributed by atoms with van der Waals surface area (Å²) < 4.78 is 11.7. The van der Waals surface area contributed by atoms with Crippen LogP contribution in [0, 0.1) is 0 Å². The third kappa shape index (κ3) is 7.29. The van der Waals surface area contributed by atoms with Crippen molar-refractivity contribution in [2.24, 2.45) is 4.99 Å². The zero-order valence-electron chi connectivity index (χ0n) is 19.1. The lowest BCUT2D eigenvalue weighted by Crippen LogP contribution is -2.44. The summed E-state index contributed by atoms with van der Waals surface area (Å²) in [5.74, 6) is 2.69. The molecule has 0 spiro atoms. The quantitative estimate of drug-likeness (QED) is 0.449. The van der Waals surface area contributed by atoms with E-state index < -0.39 is 0 Å². The summed E-state index contributed by atoms with van der Waals surface area (Å²) in [6.45, 7) is 5.15. The van der Waals surface area contributed by atoms with Gasteiger partial charge in [-0.2, -0.15) is 0 Å². The number of guanidine groups is 1. The molecule has 1 atom stereocenters. The van der Waals surface area contributed by atoms with Crippen LogP contribution < -0.4 is 15.4 Å². The van der Waals surface area contributed by atoms with E-state index in [4.69, 9.17) is 9.15 Å². The molecule has 0 saturated carbocycles. The van der Waals surface area contributed by atoms with Crippen LogP contribution in [0.4, 0.5) is 0 Å². The number of benzene rings is 1. The lowest BCUT2D eigenvalue weighted by atomic mass is 10.1. The van der Waals surface area contributed by atoms with Crippen LogP contribution in [0.2, 0.25) is 0 Å². The number of ether oxygens (including phenoxy) is 1. The van der Waals surface area contributed by atoms with Gasteiger partial charge in [0.25, 0.3) is 0 Å². The molecule has 7 nitrogen and oxygen atoms in total. The molecule has 1 aliphatic heterocycles. The van der Waals surface area contributed by atoms with E-state index in [-0.39, 0.29) is 6.04 Å². The van der Waals surface area contributed by atoms with Gasteiger partial charge in [0.05, 0.1) is 12.3 Å². The van der Waals surface area contributed by atoms with Gasteiger partial charge in [-0.25, -0.2) is 0 Å². The van der Waals surface area contributed by atoms with Gasteiger partial charge in [-0.1, -0.05) is 24.6 Å². The number of rotatable bonds is 10. The van der Waals surface area contributed by atoms with Gasteiger partial charge in [-0.3, -0.25) is 9.89 Å². The fourth-order valence-electron chi connectivity index (χ4n) is 3.84. The molecule has 7 heteroatoms. The van der Waals surface area contributed by atoms with Crippen molar-refractivity contribution in [1.82, 2.24) is 20.4 Å². The summed E-state index contributed by atoms with van der Waals surface area (Å²) in [5.41, 5.74) is 1.11. The van der Waals surface area contributed by atoms with E-state index in [1.165, 1.54) is 19.3 Å². The number of para-hydroxylation sites is 1. The highest BCUT2D eigenvalue weighted by atomic mass is 16.5. The number of likely N-dealkylation sites (tertiary alicyclic amines) is 1. The van der Waals surface area contributed by atoms with Gasteiger partial charge in [0.2, 0.25) is 0 Å². The first kappa shape index (κ1) is 23.2. The third-order valence-corrected chi connectivity index (χ3v) is 5.60. The Kier molecular flexibility index (Phi) is 9.24. The first-order chi connectivity index (χ1) is 15.2. The van der Waals surface area contributed by atoms with Gasteiger partial charge in [-0.15, -0.1) is 0 Å². The Balaban J connectivity index is 1.55. The van der Waals surface area contributed by atoms with Crippen LogP contribution in [0.1, 0.15) is 36.6 Å². The summed E-state index contributed by atoms with van der Waals surface area (Å²) in [6, 6.07) is 12.4. The Morgan fingerprint density at radius 2 is 1.94 bits per heavy atom. The summed E-state index contributed by atoms with van der Waals surface area (Å²) in [6.07, 6.45) is 5.56. The number of nitrogens with one attached hydrogen (secondary N) is 2. The Morgan fingerprint density at radius 3 is 2.65 bits per heavy atom. The first-order valence-corrected chi connectivity index (χ1v) is 11.2. The van der Waals surface area contributed by atoms with Crippen molar-refractivity contribution in [3.8, 4) is 5.75 Å². The van der Waals surface area contributed by atoms with Crippen LogP contribution in [0.5, 0.6) is 5.75 Å². The lowest BCUT2D eigenvalue weighted by molar-refractivity contribution is 0.146. The molecule has 170 valence electrons. The third-order valence-electron chi connectivity index (χ3n) is 5.60. The smallest absolute Gasteiger partial charge is 0.191 e. The molecule has 1 fully saturated rings. The van der Waals surface area contributed by atoms with Gasteiger partial charge < -0.3 is 24.7 Å². The van der Waals surface area contributed by atoms with Crippen LogP contribution in [-0.4, -0.2) is 69.7 Å². The van der Waals surface area contributed by atoms with Crippen molar-refractivity contribution in [3.05, 3.63) is 54.0 Å². The molecule has 3 rings (SSSR count). The highest BCUT2D eigenvalue weighted by Crippen LogP contribution is 2.24. The van der Waals surface area contributed by atoms with Crippen LogP contribution in [0.15, 0.2) is 52.1 Å². The molecule has 1 aromatic heterocycles. The Labute approximate surface area is 186 Å². The van der Waals surface area contributed by atoms with Crippen molar-refractivity contribution in [2.75, 3.05) is 53.9 Å². The number of hydrogen-bond acceptors (Lipinski definition) is 5. The van der Waals surface area contributed by atoms with Gasteiger partial charge in [-0.05, 0) is 58.2 Å². The summed E-state index contributed by atoms with van der Waals surface area (Å²) in [5, 5.41) is 6.92. The van der Waals surface area contributed by atoms with Gasteiger partial charge in [0.15, 0.2) is 5.96 Å². The maximum atomic E-state index is 5.98. The zero-order chi connectivity index (χ0) is 21.9. The van der Waals surface area contributed by atoms with E-state index in [1.54, 1.807) is 13.3 Å². The SMILES string of the molecule is CN=C(NCc1ccccc1OCCN(C)C)NCC(c1ccco1)N1CCCCC1. The minimum Gasteiger partial charge on any atom is -0.492 e. The number of nitrogens with zero attached hydrogens (tertiary/aromatic N) is 3. The largest absolute Gasteiger partial charge is 0.492 e. The molecule has 2 aromatic rings. The van der Waals surface area contributed by atoms with Crippen LogP contribution in [-0.2, 0) is 6.54 Å². The second kappa shape index (κ2) is 12.4. The monoisotopic (exact) mass is 427 g/mol. The average Bonchev–Trinajstić information content (AvgIpc) is 3.32. The van der Waals surface area contributed by atoms with Crippen LogP contribution >= 0.6 is 0 Å². The fraction of sp³-hybridized carbons (Fsp3) is 0.542. The molecular weight excluding hydrogens is 390 g/mol. The molecule has 1 aliphatic rings. The molecule has 1 unspecified atom stereocenters. The maximum absolute atomic E-state index is 5.98. The first-order valence-electron chi connectivity index (χ1n) is 11.2. The molecule has 1 saturated heterocycles. The summed E-state index contributed by atoms with van der Waals surface area (Å²) in [7, 11) is 5.90. The van der Waals surface area contributed by atoms with Crippen molar-refractivity contribution >= 4 is 5.96 Å². The van der Waals surface area contributed by atoms with Crippen LogP contribution in [0.3, 0.4) is 0 Å². The minimum absolute atomic E-state index is 0.204. The summed E-state index contributed by atoms with van der Waals surface area (Å²) in [4.78, 5) is 9.04. The highest BCUT2D eigenvalue weighted by Gasteiger charge is 2.24. The van der Waals surface area contributed by atoms with E-state index in [0.717, 1.165) is 49.2 Å². The van der Waals surface area contributed by atoms with Crippen molar-refractivity contribution in [2.45, 2.75) is 31.8 Å². The molecule has 0 amide bonds. The zero-order valence-corrected chi connectivity index (χ0v) is 19.1.